The number of aliphatic hydroxyl groups is 1. The highest BCUT2D eigenvalue weighted by Crippen LogP contribution is 2.17. The van der Waals surface area contributed by atoms with Crippen molar-refractivity contribution in [2.24, 2.45) is 5.92 Å². The van der Waals surface area contributed by atoms with Gasteiger partial charge in [-0.05, 0) is 81.1 Å². The summed E-state index contributed by atoms with van der Waals surface area (Å²) in [7, 11) is 2.18. The maximum absolute atomic E-state index is 12.6. The molecule has 3 aromatic rings. The Bertz CT molecular complexity index is 1170. The zero-order valence-electron chi connectivity index (χ0n) is 22.7. The molecule has 4 rings (SSSR count). The number of halogens is 3. The molecule has 0 aromatic heterocycles. The third-order valence-electron chi connectivity index (χ3n) is 5.87. The van der Waals surface area contributed by atoms with E-state index in [0.29, 0.717) is 34.4 Å². The average molecular weight is 543 g/mol. The summed E-state index contributed by atoms with van der Waals surface area (Å²) in [5.41, 5.74) is 1.31. The zero-order chi connectivity index (χ0) is 28.7. The van der Waals surface area contributed by atoms with Crippen molar-refractivity contribution >= 4 is 17.9 Å². The molecule has 0 aliphatic carbocycles. The SMILES string of the molecule is CC(O)(C=O)c1ccccc1.CC1CCN(C)C1.CCc1cccc(F)c1F.Cc1ccc(C#N)c(Cl)c1. The average Bonchev–Trinajstić information content (AvgIpc) is 3.29. The Morgan fingerprint density at radius 2 is 1.82 bits per heavy atom. The normalized spacial score (nSPS) is 15.7. The molecule has 0 saturated carbocycles. The molecular weight excluding hydrogens is 506 g/mol. The van der Waals surface area contributed by atoms with Crippen LogP contribution in [0.5, 0.6) is 0 Å². The van der Waals surface area contributed by atoms with Crippen LogP contribution in [0, 0.1) is 35.8 Å². The van der Waals surface area contributed by atoms with Gasteiger partial charge in [-0.25, -0.2) is 8.78 Å². The van der Waals surface area contributed by atoms with Crippen LogP contribution in [-0.2, 0) is 16.8 Å². The van der Waals surface area contributed by atoms with Gasteiger partial charge < -0.3 is 10.0 Å². The predicted octanol–water partition coefficient (Wildman–Crippen LogP) is 7.10. The molecule has 0 bridgehead atoms. The van der Waals surface area contributed by atoms with Crippen molar-refractivity contribution in [3.8, 4) is 6.07 Å². The van der Waals surface area contributed by atoms with E-state index in [9.17, 15) is 18.7 Å². The first-order valence-electron chi connectivity index (χ1n) is 12.5. The summed E-state index contributed by atoms with van der Waals surface area (Å²) in [6.45, 7) is 10.1. The number of nitrogens with zero attached hydrogens (tertiary/aromatic N) is 2. The van der Waals surface area contributed by atoms with Crippen molar-refractivity contribution in [2.45, 2.75) is 46.1 Å². The van der Waals surface area contributed by atoms with Gasteiger partial charge in [-0.1, -0.05) is 74.0 Å². The Kier molecular flexibility index (Phi) is 14.4. The summed E-state index contributed by atoms with van der Waals surface area (Å²) in [6.07, 6.45) is 2.46. The summed E-state index contributed by atoms with van der Waals surface area (Å²) in [5.74, 6) is -0.533. The van der Waals surface area contributed by atoms with E-state index in [2.05, 4.69) is 18.9 Å². The zero-order valence-corrected chi connectivity index (χ0v) is 23.5. The Labute approximate surface area is 230 Å². The monoisotopic (exact) mass is 542 g/mol. The van der Waals surface area contributed by atoms with Crippen LogP contribution in [0.3, 0.4) is 0 Å². The fourth-order valence-electron chi connectivity index (χ4n) is 3.53. The van der Waals surface area contributed by atoms with E-state index in [1.807, 2.05) is 25.1 Å². The highest BCUT2D eigenvalue weighted by Gasteiger charge is 2.20. The van der Waals surface area contributed by atoms with Crippen LogP contribution >= 0.6 is 11.6 Å². The minimum atomic E-state index is -1.35. The van der Waals surface area contributed by atoms with Crippen LogP contribution in [0.25, 0.3) is 0 Å². The molecule has 1 N–H and O–H groups in total. The van der Waals surface area contributed by atoms with Crippen LogP contribution in [0.1, 0.15) is 49.4 Å². The second-order valence-electron chi connectivity index (χ2n) is 9.45. The van der Waals surface area contributed by atoms with Crippen molar-refractivity contribution in [1.82, 2.24) is 4.90 Å². The largest absolute Gasteiger partial charge is 0.378 e. The lowest BCUT2D eigenvalue weighted by molar-refractivity contribution is -0.123. The first-order valence-corrected chi connectivity index (χ1v) is 12.8. The highest BCUT2D eigenvalue weighted by molar-refractivity contribution is 6.31. The van der Waals surface area contributed by atoms with Crippen LogP contribution in [-0.4, -0.2) is 36.4 Å². The first kappa shape index (κ1) is 32.9. The van der Waals surface area contributed by atoms with Gasteiger partial charge in [0.25, 0.3) is 0 Å². The fourth-order valence-corrected chi connectivity index (χ4v) is 3.81. The van der Waals surface area contributed by atoms with Gasteiger partial charge in [0.2, 0.25) is 0 Å². The molecule has 1 aliphatic heterocycles. The molecule has 0 radical (unpaired) electrons. The number of likely N-dealkylation sites (tertiary alicyclic amines) is 1. The molecule has 3 aromatic carbocycles. The van der Waals surface area contributed by atoms with Crippen LogP contribution in [0.15, 0.2) is 66.7 Å². The number of carbonyl (C=O) groups excluding carboxylic acids is 1. The van der Waals surface area contributed by atoms with E-state index in [1.165, 1.54) is 32.5 Å². The van der Waals surface area contributed by atoms with Crippen molar-refractivity contribution in [2.75, 3.05) is 20.1 Å². The van der Waals surface area contributed by atoms with Crippen LogP contribution in [0.4, 0.5) is 8.78 Å². The summed E-state index contributed by atoms with van der Waals surface area (Å²) < 4.78 is 25.0. The van der Waals surface area contributed by atoms with Gasteiger partial charge in [0.1, 0.15) is 11.7 Å². The van der Waals surface area contributed by atoms with Crippen molar-refractivity contribution in [3.63, 3.8) is 0 Å². The number of hydrogen-bond donors (Lipinski definition) is 1. The minimum Gasteiger partial charge on any atom is -0.378 e. The summed E-state index contributed by atoms with van der Waals surface area (Å²) >= 11 is 5.71. The number of hydrogen-bond acceptors (Lipinski definition) is 4. The quantitative estimate of drug-likeness (QED) is 0.358. The molecule has 1 fully saturated rings. The van der Waals surface area contributed by atoms with Gasteiger partial charge >= 0.3 is 0 Å². The van der Waals surface area contributed by atoms with Crippen molar-refractivity contribution in [1.29, 1.82) is 5.26 Å². The maximum atomic E-state index is 12.6. The standard InChI is InChI=1S/C9H10O2.C8H6ClN.C8H8F2.C6H13N/c1-9(11,7-10)8-5-3-2-4-6-8;1-6-2-3-7(5-10)8(9)4-6;1-2-6-4-3-5-7(9)8(6)10;1-6-3-4-7(2)5-6/h2-7,11H,1H3;2-4H,1H3;3-5H,2H2,1H3;6H,3-5H2,1-2H3. The minimum absolute atomic E-state index is 0.431. The highest BCUT2D eigenvalue weighted by atomic mass is 35.5. The lowest BCUT2D eigenvalue weighted by Gasteiger charge is -2.14. The molecule has 1 saturated heterocycles. The molecular formula is C31H37ClF2N2O2. The number of aldehydes is 1. The van der Waals surface area contributed by atoms with E-state index >= 15 is 0 Å². The number of aryl methyl sites for hydroxylation is 2. The first-order chi connectivity index (χ1) is 17.9. The van der Waals surface area contributed by atoms with Gasteiger partial charge in [-0.15, -0.1) is 0 Å². The molecule has 1 aliphatic rings. The van der Waals surface area contributed by atoms with Crippen molar-refractivity contribution in [3.05, 3.63) is 106 Å². The second-order valence-corrected chi connectivity index (χ2v) is 9.86. The Hall–Kier alpha value is -3.11. The molecule has 2 unspecified atom stereocenters. The van der Waals surface area contributed by atoms with E-state index in [-0.39, 0.29) is 0 Å². The Morgan fingerprint density at radius 1 is 1.16 bits per heavy atom. The number of nitriles is 1. The molecule has 38 heavy (non-hydrogen) atoms. The fraction of sp³-hybridized carbons (Fsp3) is 0.355. The Morgan fingerprint density at radius 3 is 2.24 bits per heavy atom. The van der Waals surface area contributed by atoms with Gasteiger partial charge in [0.15, 0.2) is 17.9 Å². The van der Waals surface area contributed by atoms with E-state index < -0.39 is 17.2 Å². The number of rotatable bonds is 3. The lowest BCUT2D eigenvalue weighted by atomic mass is 9.98. The van der Waals surface area contributed by atoms with Crippen LogP contribution in [0.2, 0.25) is 5.02 Å². The molecule has 7 heteroatoms. The molecule has 204 valence electrons. The maximum Gasteiger partial charge on any atom is 0.161 e. The smallest absolute Gasteiger partial charge is 0.161 e. The number of benzene rings is 3. The second kappa shape index (κ2) is 16.7. The molecule has 0 spiro atoms. The number of carbonyl (C=O) groups is 1. The topological polar surface area (TPSA) is 64.3 Å². The molecule has 2 atom stereocenters. The van der Waals surface area contributed by atoms with E-state index in [1.54, 1.807) is 49.4 Å². The molecule has 1 heterocycles. The third kappa shape index (κ3) is 11.5. The van der Waals surface area contributed by atoms with Gasteiger partial charge in [0.05, 0.1) is 10.6 Å². The third-order valence-corrected chi connectivity index (χ3v) is 6.18. The van der Waals surface area contributed by atoms with E-state index in [0.717, 1.165) is 17.5 Å². The predicted molar refractivity (Wildman–Crippen MR) is 150 cm³/mol. The summed E-state index contributed by atoms with van der Waals surface area (Å²) in [6, 6.07) is 20.4. The van der Waals surface area contributed by atoms with Gasteiger partial charge in [-0.3, -0.25) is 4.79 Å². The Balaban J connectivity index is 0.000000256. The summed E-state index contributed by atoms with van der Waals surface area (Å²) in [4.78, 5) is 12.8. The lowest BCUT2D eigenvalue weighted by Crippen LogP contribution is -2.22. The summed E-state index contributed by atoms with van der Waals surface area (Å²) in [5, 5.41) is 18.4. The van der Waals surface area contributed by atoms with Gasteiger partial charge in [-0.2, -0.15) is 5.26 Å². The molecule has 0 amide bonds. The van der Waals surface area contributed by atoms with Gasteiger partial charge in [0, 0.05) is 6.54 Å². The van der Waals surface area contributed by atoms with Crippen LogP contribution < -0.4 is 0 Å². The van der Waals surface area contributed by atoms with Crippen molar-refractivity contribution < 1.29 is 18.7 Å². The van der Waals surface area contributed by atoms with E-state index in [4.69, 9.17) is 16.9 Å². The molecule has 4 nitrogen and oxygen atoms in total.